The molecule has 2 aliphatic rings. The van der Waals surface area contributed by atoms with E-state index in [1.165, 1.54) is 144 Å². The first kappa shape index (κ1) is 91.8. The van der Waals surface area contributed by atoms with Gasteiger partial charge in [-0.25, -0.2) is 0 Å². The van der Waals surface area contributed by atoms with E-state index < -0.39 is 0 Å². The van der Waals surface area contributed by atoms with E-state index in [9.17, 15) is 9.59 Å². The number of fused-ring (bicyclic) bond motifs is 10. The summed E-state index contributed by atoms with van der Waals surface area (Å²) in [5.74, 6) is 0. The zero-order valence-electron chi connectivity index (χ0n) is 80.5. The Hall–Kier alpha value is -16.5. The highest BCUT2D eigenvalue weighted by Crippen LogP contribution is 2.60. The Labute approximate surface area is 836 Å². The fourth-order valence-electron chi connectivity index (χ4n) is 22.9. The zero-order valence-corrected chi connectivity index (χ0v) is 80.5. The van der Waals surface area contributed by atoms with Gasteiger partial charge in [0.25, 0.3) is 0 Å². The number of carbonyl (C=O) groups is 2. The van der Waals surface area contributed by atoms with Crippen molar-refractivity contribution in [1.82, 2.24) is 0 Å². The predicted molar refractivity (Wildman–Crippen MR) is 601 cm³/mol. The van der Waals surface area contributed by atoms with Gasteiger partial charge in [0, 0.05) is 89.0 Å². The van der Waals surface area contributed by atoms with Crippen LogP contribution in [-0.2, 0) is 36.5 Å². The molecule has 0 amide bonds. The van der Waals surface area contributed by atoms with Gasteiger partial charge in [-0.2, -0.15) is 0 Å². The van der Waals surface area contributed by atoms with Crippen LogP contribution in [0.25, 0.3) is 77.5 Å². The lowest BCUT2D eigenvalue weighted by atomic mass is 9.70. The van der Waals surface area contributed by atoms with Crippen molar-refractivity contribution in [2.75, 3.05) is 19.6 Å². The second-order valence-corrected chi connectivity index (χ2v) is 38.2. The van der Waals surface area contributed by atoms with Crippen LogP contribution in [0.15, 0.2) is 474 Å². The van der Waals surface area contributed by atoms with E-state index in [1.807, 2.05) is 48.6 Å². The molecule has 0 saturated heterocycles. The van der Waals surface area contributed by atoms with Gasteiger partial charge in [-0.1, -0.05) is 379 Å². The molecule has 0 radical (unpaired) electrons. The van der Waals surface area contributed by atoms with Crippen molar-refractivity contribution in [2.24, 2.45) is 0 Å². The molecule has 0 heterocycles. The molecule has 692 valence electrons. The number of rotatable bonds is 36. The van der Waals surface area contributed by atoms with Gasteiger partial charge >= 0.3 is 0 Å². The standard InChI is InChI=1S/C69H60N2.C67H56N2O2/c1-3-51-25-19-27-53(47-51)23-15-17-45-69(46-18-16-24-54-28-20-26-52(4-2)48-54)65-49-59(70(57-33-7-5-8-34-57)67-39-21-31-55-29-11-13-37-61(55)67)41-43-63(65)64-44-42-60(50-66(64)69)71(58-35-9-6-10-36-58)68-40-22-32-56-30-12-14-38-62(56)68;70-47-51-23-15-21-49(43-51)19-11-13-41-67(42-14-12-20-50-22-16-24-52(44-50)48-71)63-45-57(68(55-29-3-1-4-30-55)65-35-17-27-53-25-7-9-33-59(53)65)37-39-61(63)62-40-38-58(46-64(62)67)69(56-31-5-2-6-32-56)66-36-18-28-54-26-8-10-34-60(54)66/h3-14,19-22,25-44,47-50H,1-2,15-18,23-24,45-46H2;1-10,15-18,21-40,43-48H,11-14,19-20,41-42H2. The molecule has 0 unspecified atom stereocenters. The number of aryl methyl sites for hydroxylation is 4. The first-order valence-electron chi connectivity index (χ1n) is 50.6. The molecule has 0 saturated carbocycles. The number of aldehydes is 2. The molecule has 0 fully saturated rings. The average Bonchev–Trinajstić information content (AvgIpc) is 1.56. The molecular formula is C136H116N4O2. The van der Waals surface area contributed by atoms with Gasteiger partial charge in [0.15, 0.2) is 0 Å². The molecule has 0 spiro atoms. The van der Waals surface area contributed by atoms with E-state index in [4.69, 9.17) is 0 Å². The van der Waals surface area contributed by atoms with Crippen LogP contribution < -0.4 is 19.6 Å². The van der Waals surface area contributed by atoms with Crippen LogP contribution in [-0.4, -0.2) is 12.6 Å². The number of carbonyl (C=O) groups excluding carboxylic acids is 2. The molecule has 0 atom stereocenters. The minimum atomic E-state index is -0.339. The summed E-state index contributed by atoms with van der Waals surface area (Å²) in [4.78, 5) is 33.5. The largest absolute Gasteiger partial charge is 0.310 e. The minimum absolute atomic E-state index is 0.259. The van der Waals surface area contributed by atoms with Gasteiger partial charge in [-0.3, -0.25) is 9.59 Å². The predicted octanol–water partition coefficient (Wildman–Crippen LogP) is 37.0. The first-order valence-corrected chi connectivity index (χ1v) is 50.6. The Morgan fingerprint density at radius 3 is 0.662 bits per heavy atom. The van der Waals surface area contributed by atoms with E-state index in [1.54, 1.807) is 0 Å². The van der Waals surface area contributed by atoms with Crippen LogP contribution in [0.3, 0.4) is 0 Å². The summed E-state index contributed by atoms with van der Waals surface area (Å²) in [6, 6.07) is 168. The molecule has 2 aliphatic carbocycles. The summed E-state index contributed by atoms with van der Waals surface area (Å²) in [5, 5.41) is 9.72. The maximum Gasteiger partial charge on any atom is 0.150 e. The maximum atomic E-state index is 11.8. The molecular weight excluding hydrogens is 1720 g/mol. The molecule has 20 aromatic carbocycles. The highest BCUT2D eigenvalue weighted by molar-refractivity contribution is 6.04. The van der Waals surface area contributed by atoms with Gasteiger partial charge < -0.3 is 19.6 Å². The second kappa shape index (κ2) is 42.4. The van der Waals surface area contributed by atoms with Gasteiger partial charge in [-0.15, -0.1) is 0 Å². The van der Waals surface area contributed by atoms with Crippen LogP contribution in [0.2, 0.25) is 0 Å². The molecule has 20 aromatic rings. The molecule has 142 heavy (non-hydrogen) atoms. The third-order valence-corrected chi connectivity index (χ3v) is 29.6. The Kier molecular flexibility index (Phi) is 27.4. The van der Waals surface area contributed by atoms with Gasteiger partial charge in [0.05, 0.1) is 22.7 Å². The molecule has 22 rings (SSSR count). The molecule has 0 aliphatic heterocycles. The summed E-state index contributed by atoms with van der Waals surface area (Å²) < 4.78 is 0. The highest BCUT2D eigenvalue weighted by Gasteiger charge is 2.46. The SMILES string of the molecule is C=Cc1cccc(CCCCC2(CCCCc3cccc(C=C)c3)c3cc(N(c4ccccc4)c4cccc5ccccc45)ccc3-c3ccc(N(c4ccccc4)c4cccc5ccccc45)cc32)c1.O=Cc1cccc(CCCCC2(CCCCc3cccc(C=O)c3)c3cc(N(c4ccccc4)c4cccc5ccccc45)ccc3-c3ccc(N(c4ccccc4)c4cccc5ccccc45)cc32)c1. The van der Waals surface area contributed by atoms with Crippen molar-refractivity contribution in [3.05, 3.63) is 541 Å². The number of para-hydroxylation sites is 4. The molecule has 6 nitrogen and oxygen atoms in total. The normalized spacial score (nSPS) is 12.3. The minimum Gasteiger partial charge on any atom is -0.310 e. The quantitative estimate of drug-likeness (QED) is 0.0288. The van der Waals surface area contributed by atoms with Crippen molar-refractivity contribution in [3.8, 4) is 22.3 Å². The van der Waals surface area contributed by atoms with E-state index in [-0.39, 0.29) is 10.8 Å². The zero-order chi connectivity index (χ0) is 96.0. The third-order valence-electron chi connectivity index (χ3n) is 29.6. The lowest BCUT2D eigenvalue weighted by molar-refractivity contribution is 0.111. The number of hydrogen-bond donors (Lipinski definition) is 0. The highest BCUT2D eigenvalue weighted by atomic mass is 16.1. The summed E-state index contributed by atoms with van der Waals surface area (Å²) in [5.41, 5.74) is 32.9. The van der Waals surface area contributed by atoms with E-state index in [0.717, 1.165) is 172 Å². The maximum absolute atomic E-state index is 11.8. The molecule has 6 heteroatoms. The fourth-order valence-corrected chi connectivity index (χ4v) is 22.9. The Morgan fingerprint density at radius 1 is 0.197 bits per heavy atom. The van der Waals surface area contributed by atoms with Crippen LogP contribution in [0.5, 0.6) is 0 Å². The summed E-state index contributed by atoms with van der Waals surface area (Å²) >= 11 is 0. The number of anilines is 12. The van der Waals surface area contributed by atoms with Crippen molar-refractivity contribution in [3.63, 3.8) is 0 Å². The van der Waals surface area contributed by atoms with E-state index >= 15 is 0 Å². The van der Waals surface area contributed by atoms with Crippen molar-refractivity contribution >= 4 is 136 Å². The topological polar surface area (TPSA) is 47.1 Å². The Bertz CT molecular complexity index is 6980. The van der Waals surface area contributed by atoms with Crippen molar-refractivity contribution in [1.29, 1.82) is 0 Å². The Balaban J connectivity index is 0.000000168. The fraction of sp³-hybridized carbons (Fsp3) is 0.132. The van der Waals surface area contributed by atoms with Crippen LogP contribution in [0, 0.1) is 0 Å². The lowest BCUT2D eigenvalue weighted by Gasteiger charge is -2.35. The summed E-state index contributed by atoms with van der Waals surface area (Å²) in [6.07, 6.45) is 22.0. The number of nitrogens with zero attached hydrogens (tertiary/aromatic N) is 4. The van der Waals surface area contributed by atoms with Crippen molar-refractivity contribution in [2.45, 2.75) is 114 Å². The molecule has 0 aromatic heterocycles. The van der Waals surface area contributed by atoms with Gasteiger partial charge in [-0.05, 0) is 310 Å². The monoisotopic (exact) mass is 1840 g/mol. The van der Waals surface area contributed by atoms with Crippen LogP contribution in [0.4, 0.5) is 68.2 Å². The molecule has 0 N–H and O–H groups in total. The lowest BCUT2D eigenvalue weighted by Crippen LogP contribution is -2.26. The average molecular weight is 1840 g/mol. The Morgan fingerprint density at radius 2 is 0.415 bits per heavy atom. The van der Waals surface area contributed by atoms with Crippen LogP contribution in [0.1, 0.15) is 153 Å². The third kappa shape index (κ3) is 19.1. The first-order chi connectivity index (χ1) is 70.2. The van der Waals surface area contributed by atoms with Gasteiger partial charge in [0.1, 0.15) is 12.6 Å². The number of hydrogen-bond acceptors (Lipinski definition) is 6. The van der Waals surface area contributed by atoms with Gasteiger partial charge in [0.2, 0.25) is 0 Å². The summed E-state index contributed by atoms with van der Waals surface area (Å²) in [6.45, 7) is 8.14. The number of benzene rings is 20. The van der Waals surface area contributed by atoms with E-state index in [2.05, 4.69) is 457 Å². The molecule has 0 bridgehead atoms. The summed E-state index contributed by atoms with van der Waals surface area (Å²) in [7, 11) is 0. The van der Waals surface area contributed by atoms with Crippen LogP contribution >= 0.6 is 0 Å². The smallest absolute Gasteiger partial charge is 0.150 e. The van der Waals surface area contributed by atoms with E-state index in [0.29, 0.717) is 0 Å². The number of unbranched alkanes of at least 4 members (excludes halogenated alkanes) is 4. The van der Waals surface area contributed by atoms with Crippen molar-refractivity contribution < 1.29 is 9.59 Å². The second-order valence-electron chi connectivity index (χ2n) is 38.2.